The van der Waals surface area contributed by atoms with Crippen LogP contribution in [-0.2, 0) is 6.42 Å². The van der Waals surface area contributed by atoms with Crippen LogP contribution in [0.1, 0.15) is 31.7 Å². The molecule has 0 saturated carbocycles. The van der Waals surface area contributed by atoms with Gasteiger partial charge in [-0.25, -0.2) is 0 Å². The van der Waals surface area contributed by atoms with Crippen molar-refractivity contribution in [2.75, 3.05) is 6.61 Å². The van der Waals surface area contributed by atoms with Gasteiger partial charge in [0.15, 0.2) is 5.82 Å². The summed E-state index contributed by atoms with van der Waals surface area (Å²) in [5, 5.41) is 11.3. The molecule has 0 saturated heterocycles. The number of aromatic nitrogens is 3. The number of hydrogen-bond donors (Lipinski definition) is 1. The molecule has 5 nitrogen and oxygen atoms in total. The van der Waals surface area contributed by atoms with Crippen LogP contribution in [0.4, 0.5) is 0 Å². The van der Waals surface area contributed by atoms with Crippen LogP contribution in [-0.4, -0.2) is 27.7 Å². The molecule has 0 atom stereocenters. The quantitative estimate of drug-likeness (QED) is 0.656. The highest BCUT2D eigenvalue weighted by Crippen LogP contribution is 2.16. The van der Waals surface area contributed by atoms with E-state index in [1.807, 2.05) is 31.2 Å². The van der Waals surface area contributed by atoms with Crippen molar-refractivity contribution in [1.29, 1.82) is 0 Å². The summed E-state index contributed by atoms with van der Waals surface area (Å²) in [5.74, 6) is 1.63. The predicted molar refractivity (Wildman–Crippen MR) is 82.0 cm³/mol. The Hall–Kier alpha value is -1.95. The number of para-hydroxylation sites is 1. The average Bonchev–Trinajstić information content (AvgIpc) is 2.84. The summed E-state index contributed by atoms with van der Waals surface area (Å²) >= 11 is 5.16. The normalized spacial score (nSPS) is 11.1. The van der Waals surface area contributed by atoms with E-state index in [1.54, 1.807) is 10.9 Å². The van der Waals surface area contributed by atoms with Gasteiger partial charge < -0.3 is 4.74 Å². The van der Waals surface area contributed by atoms with Gasteiger partial charge in [-0.1, -0.05) is 26.0 Å². The first kappa shape index (κ1) is 14.5. The zero-order valence-corrected chi connectivity index (χ0v) is 12.5. The second-order valence-corrected chi connectivity index (χ2v) is 4.63. The summed E-state index contributed by atoms with van der Waals surface area (Å²) in [6, 6.07) is 7.80. The van der Waals surface area contributed by atoms with Crippen LogP contribution in [0.15, 0.2) is 29.4 Å². The molecule has 1 heterocycles. The van der Waals surface area contributed by atoms with Gasteiger partial charge in [-0.2, -0.15) is 14.9 Å². The van der Waals surface area contributed by atoms with Gasteiger partial charge in [0.05, 0.1) is 12.8 Å². The number of nitrogens with zero attached hydrogens (tertiary/aromatic N) is 3. The molecular weight excluding hydrogens is 272 g/mol. The third-order valence-corrected chi connectivity index (χ3v) is 2.99. The number of rotatable bonds is 6. The molecule has 2 rings (SSSR count). The smallest absolute Gasteiger partial charge is 0.216 e. The summed E-state index contributed by atoms with van der Waals surface area (Å²) < 4.78 is 7.81. The highest BCUT2D eigenvalue weighted by atomic mass is 32.1. The lowest BCUT2D eigenvalue weighted by Crippen LogP contribution is -2.00. The summed E-state index contributed by atoms with van der Waals surface area (Å²) in [7, 11) is 0. The van der Waals surface area contributed by atoms with E-state index < -0.39 is 0 Å². The summed E-state index contributed by atoms with van der Waals surface area (Å²) in [4.78, 5) is 0. The lowest BCUT2D eigenvalue weighted by Gasteiger charge is -2.07. The van der Waals surface area contributed by atoms with Crippen LogP contribution in [0.2, 0.25) is 0 Å². The fourth-order valence-electron chi connectivity index (χ4n) is 1.72. The Kier molecular flexibility index (Phi) is 5.06. The number of aromatic amines is 1. The minimum Gasteiger partial charge on any atom is -0.493 e. The maximum Gasteiger partial charge on any atom is 0.216 e. The second-order valence-electron chi connectivity index (χ2n) is 4.24. The minimum atomic E-state index is 0.491. The van der Waals surface area contributed by atoms with Gasteiger partial charge in [0.1, 0.15) is 5.75 Å². The highest BCUT2D eigenvalue weighted by molar-refractivity contribution is 7.71. The molecule has 0 bridgehead atoms. The summed E-state index contributed by atoms with van der Waals surface area (Å²) in [5.41, 5.74) is 0.922. The van der Waals surface area contributed by atoms with Gasteiger partial charge in [0, 0.05) is 12.0 Å². The number of aryl methyl sites for hydroxylation is 1. The Morgan fingerprint density at radius 1 is 1.40 bits per heavy atom. The Labute approximate surface area is 123 Å². The number of H-pyrrole nitrogens is 1. The third-order valence-electron chi connectivity index (χ3n) is 2.73. The number of benzene rings is 1. The Balaban J connectivity index is 2.27. The van der Waals surface area contributed by atoms with Crippen molar-refractivity contribution in [3.8, 4) is 5.75 Å². The van der Waals surface area contributed by atoms with Crippen molar-refractivity contribution in [1.82, 2.24) is 14.9 Å². The first-order chi connectivity index (χ1) is 9.76. The zero-order valence-electron chi connectivity index (χ0n) is 11.7. The highest BCUT2D eigenvalue weighted by Gasteiger charge is 2.03. The first-order valence-corrected chi connectivity index (χ1v) is 7.09. The van der Waals surface area contributed by atoms with Crippen molar-refractivity contribution in [3.05, 3.63) is 40.4 Å². The van der Waals surface area contributed by atoms with E-state index in [4.69, 9.17) is 17.0 Å². The Bertz CT molecular complexity index is 645. The SMILES string of the molecule is CCCOc1ccccc1/C=N\n1c(CC)n[nH]c1=S. The van der Waals surface area contributed by atoms with Crippen LogP contribution < -0.4 is 4.74 Å². The second kappa shape index (κ2) is 7.00. The molecule has 20 heavy (non-hydrogen) atoms. The van der Waals surface area contributed by atoms with E-state index in [0.29, 0.717) is 11.4 Å². The van der Waals surface area contributed by atoms with Crippen molar-refractivity contribution in [2.24, 2.45) is 5.10 Å². The van der Waals surface area contributed by atoms with Gasteiger partial charge in [-0.15, -0.1) is 0 Å². The fourth-order valence-corrected chi connectivity index (χ4v) is 1.92. The third kappa shape index (κ3) is 3.33. The molecule has 0 aliphatic rings. The van der Waals surface area contributed by atoms with E-state index in [-0.39, 0.29) is 0 Å². The molecule has 0 aliphatic carbocycles. The number of hydrogen-bond acceptors (Lipinski definition) is 4. The van der Waals surface area contributed by atoms with E-state index >= 15 is 0 Å². The van der Waals surface area contributed by atoms with E-state index in [1.165, 1.54) is 0 Å². The van der Waals surface area contributed by atoms with Crippen LogP contribution in [0.25, 0.3) is 0 Å². The maximum absolute atomic E-state index is 5.69. The van der Waals surface area contributed by atoms with Crippen molar-refractivity contribution >= 4 is 18.4 Å². The number of nitrogens with one attached hydrogen (secondary N) is 1. The Morgan fingerprint density at radius 2 is 2.20 bits per heavy atom. The molecule has 0 spiro atoms. The van der Waals surface area contributed by atoms with Crippen LogP contribution in [0.3, 0.4) is 0 Å². The van der Waals surface area contributed by atoms with E-state index in [9.17, 15) is 0 Å². The molecule has 2 aromatic rings. The molecule has 0 fully saturated rings. The first-order valence-electron chi connectivity index (χ1n) is 6.68. The molecule has 0 unspecified atom stereocenters. The lowest BCUT2D eigenvalue weighted by atomic mass is 10.2. The molecule has 1 N–H and O–H groups in total. The van der Waals surface area contributed by atoms with Crippen LogP contribution in [0.5, 0.6) is 5.75 Å². The summed E-state index contributed by atoms with van der Waals surface area (Å²) in [6.07, 6.45) is 3.48. The van der Waals surface area contributed by atoms with Gasteiger partial charge in [0.25, 0.3) is 0 Å². The molecule has 1 aromatic heterocycles. The predicted octanol–water partition coefficient (Wildman–Crippen LogP) is 3.17. The van der Waals surface area contributed by atoms with Crippen molar-refractivity contribution in [3.63, 3.8) is 0 Å². The van der Waals surface area contributed by atoms with Gasteiger partial charge in [-0.3, -0.25) is 5.10 Å². The maximum atomic E-state index is 5.69. The molecule has 0 radical (unpaired) electrons. The fraction of sp³-hybridized carbons (Fsp3) is 0.357. The van der Waals surface area contributed by atoms with Gasteiger partial charge in [-0.05, 0) is 30.8 Å². The Morgan fingerprint density at radius 3 is 2.95 bits per heavy atom. The molecule has 0 amide bonds. The van der Waals surface area contributed by atoms with E-state index in [2.05, 4.69) is 22.2 Å². The molecule has 0 aliphatic heterocycles. The van der Waals surface area contributed by atoms with E-state index in [0.717, 1.165) is 30.0 Å². The summed E-state index contributed by atoms with van der Waals surface area (Å²) in [6.45, 7) is 4.78. The average molecular weight is 290 g/mol. The van der Waals surface area contributed by atoms with Crippen LogP contribution >= 0.6 is 12.2 Å². The monoisotopic (exact) mass is 290 g/mol. The van der Waals surface area contributed by atoms with Gasteiger partial charge >= 0.3 is 0 Å². The molecule has 6 heteroatoms. The van der Waals surface area contributed by atoms with Crippen molar-refractivity contribution in [2.45, 2.75) is 26.7 Å². The molecule has 106 valence electrons. The minimum absolute atomic E-state index is 0.491. The largest absolute Gasteiger partial charge is 0.493 e. The number of ether oxygens (including phenoxy) is 1. The molecular formula is C14H18N4OS. The van der Waals surface area contributed by atoms with Gasteiger partial charge in [0.2, 0.25) is 4.77 Å². The van der Waals surface area contributed by atoms with Crippen LogP contribution in [0, 0.1) is 4.77 Å². The standard InChI is InChI=1S/C14H18N4OS/c1-3-9-19-12-8-6-5-7-11(12)10-15-18-13(4-2)16-17-14(18)20/h5-8,10H,3-4,9H2,1-2H3,(H,17,20)/b15-10-. The van der Waals surface area contributed by atoms with Crippen molar-refractivity contribution < 1.29 is 4.74 Å². The topological polar surface area (TPSA) is 55.2 Å². The zero-order chi connectivity index (χ0) is 14.4. The lowest BCUT2D eigenvalue weighted by molar-refractivity contribution is 0.317. The molecule has 1 aromatic carbocycles.